The molecule has 1 rings (SSSR count). The molecule has 0 unspecified atom stereocenters. The first kappa shape index (κ1) is 14.5. The van der Waals surface area contributed by atoms with Crippen molar-refractivity contribution in [2.75, 3.05) is 11.9 Å². The molecule has 10 heteroatoms. The number of benzene rings is 1. The van der Waals surface area contributed by atoms with Gasteiger partial charge < -0.3 is 20.0 Å². The first-order valence-electron chi connectivity index (χ1n) is 4.65. The van der Waals surface area contributed by atoms with Crippen molar-refractivity contribution in [3.63, 3.8) is 0 Å². The number of anilines is 1. The summed E-state index contributed by atoms with van der Waals surface area (Å²) in [6, 6.07) is 2.54. The van der Waals surface area contributed by atoms with E-state index in [0.717, 1.165) is 12.1 Å². The summed E-state index contributed by atoms with van der Waals surface area (Å²) < 4.78 is 40.0. The number of nitrogens with zero attached hydrogens (tertiary/aromatic N) is 1. The van der Waals surface area contributed by atoms with Crippen molar-refractivity contribution in [1.82, 2.24) is 0 Å². The highest BCUT2D eigenvalue weighted by atomic mass is 19.4. The van der Waals surface area contributed by atoms with Crippen LogP contribution in [0.3, 0.4) is 0 Å². The van der Waals surface area contributed by atoms with E-state index in [2.05, 4.69) is 4.74 Å². The van der Waals surface area contributed by atoms with Gasteiger partial charge in [-0.1, -0.05) is 0 Å². The third kappa shape index (κ3) is 4.69. The number of nitro groups is 1. The smallest absolute Gasteiger partial charge is 0.422 e. The molecule has 0 aliphatic carbocycles. The van der Waals surface area contributed by atoms with Crippen LogP contribution in [-0.2, 0) is 0 Å². The van der Waals surface area contributed by atoms with Gasteiger partial charge in [-0.25, -0.2) is 0 Å². The fourth-order valence-corrected chi connectivity index (χ4v) is 1.13. The van der Waals surface area contributed by atoms with E-state index < -0.39 is 40.9 Å². The maximum absolute atomic E-state index is 11.9. The molecule has 1 aromatic rings. The Morgan fingerprint density at radius 2 is 2.05 bits per heavy atom. The van der Waals surface area contributed by atoms with E-state index >= 15 is 0 Å². The Kier molecular flexibility index (Phi) is 4.14. The second kappa shape index (κ2) is 5.42. The molecule has 7 nitrogen and oxygen atoms in total. The molecule has 0 saturated carbocycles. The minimum Gasteiger partial charge on any atom is -0.530 e. The van der Waals surface area contributed by atoms with Crippen LogP contribution in [0.1, 0.15) is 0 Å². The van der Waals surface area contributed by atoms with E-state index in [0.29, 0.717) is 6.07 Å². The fraction of sp³-hybridized carbons (Fsp3) is 0.222. The number of amides is 1. The van der Waals surface area contributed by atoms with Gasteiger partial charge in [0.05, 0.1) is 11.0 Å². The Balaban J connectivity index is 2.96. The van der Waals surface area contributed by atoms with Gasteiger partial charge >= 0.3 is 6.18 Å². The zero-order valence-electron chi connectivity index (χ0n) is 9.06. The minimum absolute atomic E-state index is 0.409. The van der Waals surface area contributed by atoms with Crippen molar-refractivity contribution in [2.45, 2.75) is 6.18 Å². The molecule has 0 aliphatic rings. The standard InChI is InChI=1S/C9H7F3N2O5/c10-9(11,12)4-19-5-1-2-6(13-8(15)16)7(3-5)14(17)18/h1-3,13H,4H2,(H,15,16)/p-1. The van der Waals surface area contributed by atoms with Crippen LogP contribution >= 0.6 is 0 Å². The third-order valence-electron chi connectivity index (χ3n) is 1.81. The number of hydrogen-bond donors (Lipinski definition) is 1. The molecule has 0 radical (unpaired) electrons. The van der Waals surface area contributed by atoms with Crippen molar-refractivity contribution in [3.8, 4) is 5.75 Å². The molecule has 0 saturated heterocycles. The van der Waals surface area contributed by atoms with E-state index in [9.17, 15) is 33.2 Å². The van der Waals surface area contributed by atoms with Gasteiger partial charge in [-0.2, -0.15) is 13.2 Å². The molecular formula is C9H6F3N2O5-. The number of carboxylic acid groups (broad SMARTS) is 1. The molecule has 0 fully saturated rings. The maximum Gasteiger partial charge on any atom is 0.422 e. The normalized spacial score (nSPS) is 10.9. The number of ether oxygens (including phenoxy) is 1. The number of carbonyl (C=O) groups excluding carboxylic acids is 1. The zero-order chi connectivity index (χ0) is 14.6. The summed E-state index contributed by atoms with van der Waals surface area (Å²) in [5, 5.41) is 22.5. The summed E-state index contributed by atoms with van der Waals surface area (Å²) in [5.74, 6) is -0.409. The van der Waals surface area contributed by atoms with E-state index in [1.54, 1.807) is 5.32 Å². The van der Waals surface area contributed by atoms with Gasteiger partial charge in [0, 0.05) is 0 Å². The average molecular weight is 279 g/mol. The van der Waals surface area contributed by atoms with Crippen LogP contribution < -0.4 is 15.2 Å². The molecule has 1 N–H and O–H groups in total. The average Bonchev–Trinajstić information content (AvgIpc) is 2.25. The lowest BCUT2D eigenvalue weighted by molar-refractivity contribution is -0.384. The first-order chi connectivity index (χ1) is 8.69. The molecule has 104 valence electrons. The highest BCUT2D eigenvalue weighted by Gasteiger charge is 2.28. The van der Waals surface area contributed by atoms with Gasteiger partial charge in [-0.3, -0.25) is 10.1 Å². The zero-order valence-corrected chi connectivity index (χ0v) is 9.06. The maximum atomic E-state index is 11.9. The first-order valence-corrected chi connectivity index (χ1v) is 4.65. The van der Waals surface area contributed by atoms with Gasteiger partial charge in [0.25, 0.3) is 5.69 Å². The SMILES string of the molecule is O=C([O-])Nc1ccc(OCC(F)(F)F)cc1[N+](=O)[O-]. The van der Waals surface area contributed by atoms with Crippen LogP contribution in [0.15, 0.2) is 18.2 Å². The van der Waals surface area contributed by atoms with Gasteiger partial charge in [0.2, 0.25) is 0 Å². The second-order valence-electron chi connectivity index (χ2n) is 3.25. The summed E-state index contributed by atoms with van der Waals surface area (Å²) in [4.78, 5) is 19.9. The summed E-state index contributed by atoms with van der Waals surface area (Å²) >= 11 is 0. The number of carbonyl (C=O) groups is 1. The van der Waals surface area contributed by atoms with Gasteiger partial charge in [0.1, 0.15) is 17.5 Å². The van der Waals surface area contributed by atoms with Crippen molar-refractivity contribution in [3.05, 3.63) is 28.3 Å². The predicted octanol–water partition coefficient (Wildman–Crippen LogP) is 1.29. The molecular weight excluding hydrogens is 273 g/mol. The predicted molar refractivity (Wildman–Crippen MR) is 53.7 cm³/mol. The van der Waals surface area contributed by atoms with Gasteiger partial charge in [-0.05, 0) is 12.1 Å². The number of alkyl halides is 3. The third-order valence-corrected chi connectivity index (χ3v) is 1.81. The van der Waals surface area contributed by atoms with Crippen LogP contribution in [0.5, 0.6) is 5.75 Å². The van der Waals surface area contributed by atoms with Crippen LogP contribution in [-0.4, -0.2) is 23.8 Å². The Bertz CT molecular complexity index is 503. The Morgan fingerprint density at radius 1 is 1.42 bits per heavy atom. The number of hydrogen-bond acceptors (Lipinski definition) is 5. The van der Waals surface area contributed by atoms with Crippen molar-refractivity contribution >= 4 is 17.5 Å². The second-order valence-corrected chi connectivity index (χ2v) is 3.25. The molecule has 0 heterocycles. The fourth-order valence-electron chi connectivity index (χ4n) is 1.13. The lowest BCUT2D eigenvalue weighted by atomic mass is 10.2. The van der Waals surface area contributed by atoms with E-state index in [1.807, 2.05) is 0 Å². The highest BCUT2D eigenvalue weighted by Crippen LogP contribution is 2.29. The molecule has 0 bridgehead atoms. The number of nitrogens with one attached hydrogen (secondary N) is 1. The highest BCUT2D eigenvalue weighted by molar-refractivity contribution is 5.85. The summed E-state index contributed by atoms with van der Waals surface area (Å²) in [5.41, 5.74) is -1.17. The Labute approximate surface area is 103 Å². The lowest BCUT2D eigenvalue weighted by Crippen LogP contribution is -2.29. The number of halogens is 3. The van der Waals surface area contributed by atoms with Crippen LogP contribution in [0, 0.1) is 10.1 Å². The van der Waals surface area contributed by atoms with Crippen LogP contribution in [0.25, 0.3) is 0 Å². The monoisotopic (exact) mass is 279 g/mol. The Morgan fingerprint density at radius 3 is 2.53 bits per heavy atom. The van der Waals surface area contributed by atoms with Gasteiger partial charge in [-0.15, -0.1) is 0 Å². The molecule has 0 aliphatic heterocycles. The summed E-state index contributed by atoms with van der Waals surface area (Å²) in [7, 11) is 0. The van der Waals surface area contributed by atoms with E-state index in [-0.39, 0.29) is 0 Å². The van der Waals surface area contributed by atoms with Crippen molar-refractivity contribution in [2.24, 2.45) is 0 Å². The lowest BCUT2D eigenvalue weighted by Gasteiger charge is -2.11. The minimum atomic E-state index is -4.59. The number of rotatable bonds is 4. The molecule has 0 aromatic heterocycles. The Hall–Kier alpha value is -2.52. The summed E-state index contributed by atoms with van der Waals surface area (Å²) in [6.07, 6.45) is -6.37. The molecule has 19 heavy (non-hydrogen) atoms. The van der Waals surface area contributed by atoms with E-state index in [4.69, 9.17) is 0 Å². The molecule has 1 amide bonds. The van der Waals surface area contributed by atoms with Crippen molar-refractivity contribution < 1.29 is 32.7 Å². The topological polar surface area (TPSA) is 105 Å². The van der Waals surface area contributed by atoms with Crippen LogP contribution in [0.2, 0.25) is 0 Å². The molecule has 1 aromatic carbocycles. The quantitative estimate of drug-likeness (QED) is 0.660. The van der Waals surface area contributed by atoms with Crippen LogP contribution in [0.4, 0.5) is 29.3 Å². The van der Waals surface area contributed by atoms with Gasteiger partial charge in [0.15, 0.2) is 6.61 Å². The number of nitro benzene ring substituents is 1. The van der Waals surface area contributed by atoms with Crippen molar-refractivity contribution in [1.29, 1.82) is 0 Å². The summed E-state index contributed by atoms with van der Waals surface area (Å²) in [6.45, 7) is -1.61. The largest absolute Gasteiger partial charge is 0.530 e. The van der Waals surface area contributed by atoms with E-state index in [1.165, 1.54) is 0 Å². The molecule has 0 spiro atoms. The molecule has 0 atom stereocenters.